The van der Waals surface area contributed by atoms with Crippen LogP contribution < -0.4 is 5.73 Å². The maximum absolute atomic E-state index is 5.93. The largest absolute Gasteiger partial charge is 0.468 e. The summed E-state index contributed by atoms with van der Waals surface area (Å²) in [6.07, 6.45) is 2.95. The van der Waals surface area contributed by atoms with E-state index >= 15 is 0 Å². The average molecular weight is 265 g/mol. The predicted octanol–water partition coefficient (Wildman–Crippen LogP) is 0.686. The molecule has 0 spiro atoms. The molecule has 19 heavy (non-hydrogen) atoms. The van der Waals surface area contributed by atoms with E-state index in [1.54, 1.807) is 6.26 Å². The van der Waals surface area contributed by atoms with Crippen LogP contribution in [0.4, 0.5) is 0 Å². The molecule has 5 heteroatoms. The second-order valence-electron chi connectivity index (χ2n) is 5.35. The van der Waals surface area contributed by atoms with Crippen molar-refractivity contribution in [1.82, 2.24) is 9.80 Å². The van der Waals surface area contributed by atoms with Gasteiger partial charge in [0.1, 0.15) is 5.76 Å². The highest BCUT2D eigenvalue weighted by Gasteiger charge is 2.33. The molecule has 1 aromatic rings. The summed E-state index contributed by atoms with van der Waals surface area (Å²) in [6, 6.07) is 4.83. The van der Waals surface area contributed by atoms with Crippen molar-refractivity contribution in [2.75, 3.05) is 45.9 Å². The SMILES string of the molecule is NCC(c1ccco1)N1CCC(N2CCOCC2)C1. The van der Waals surface area contributed by atoms with E-state index in [0.29, 0.717) is 12.6 Å². The third-order valence-electron chi connectivity index (χ3n) is 4.29. The fourth-order valence-electron chi connectivity index (χ4n) is 3.22. The van der Waals surface area contributed by atoms with Crippen molar-refractivity contribution in [2.45, 2.75) is 18.5 Å². The fraction of sp³-hybridized carbons (Fsp3) is 0.714. The van der Waals surface area contributed by atoms with Crippen LogP contribution in [-0.2, 0) is 4.74 Å². The summed E-state index contributed by atoms with van der Waals surface area (Å²) in [4.78, 5) is 5.01. The van der Waals surface area contributed by atoms with Crippen molar-refractivity contribution >= 4 is 0 Å². The number of nitrogens with two attached hydrogens (primary N) is 1. The highest BCUT2D eigenvalue weighted by Crippen LogP contribution is 2.26. The van der Waals surface area contributed by atoms with Crippen LogP contribution in [0.15, 0.2) is 22.8 Å². The van der Waals surface area contributed by atoms with Crippen LogP contribution >= 0.6 is 0 Å². The second-order valence-corrected chi connectivity index (χ2v) is 5.35. The van der Waals surface area contributed by atoms with E-state index in [2.05, 4.69) is 9.80 Å². The molecule has 2 atom stereocenters. The number of hydrogen-bond donors (Lipinski definition) is 1. The van der Waals surface area contributed by atoms with Gasteiger partial charge in [-0.3, -0.25) is 9.80 Å². The number of rotatable bonds is 4. The van der Waals surface area contributed by atoms with Gasteiger partial charge >= 0.3 is 0 Å². The molecule has 3 rings (SSSR count). The average Bonchev–Trinajstić information content (AvgIpc) is 3.12. The van der Waals surface area contributed by atoms with E-state index < -0.39 is 0 Å². The molecule has 0 saturated carbocycles. The molecule has 2 saturated heterocycles. The summed E-state index contributed by atoms with van der Waals surface area (Å²) in [5.41, 5.74) is 5.93. The van der Waals surface area contributed by atoms with Gasteiger partial charge < -0.3 is 14.9 Å². The van der Waals surface area contributed by atoms with E-state index in [0.717, 1.165) is 45.2 Å². The van der Waals surface area contributed by atoms with Crippen molar-refractivity contribution in [3.63, 3.8) is 0 Å². The number of likely N-dealkylation sites (tertiary alicyclic amines) is 1. The minimum absolute atomic E-state index is 0.223. The zero-order valence-electron chi connectivity index (χ0n) is 11.3. The van der Waals surface area contributed by atoms with Gasteiger partial charge in [0.15, 0.2) is 0 Å². The lowest BCUT2D eigenvalue weighted by molar-refractivity contribution is 0.0174. The Bertz CT molecular complexity index is 376. The van der Waals surface area contributed by atoms with Crippen LogP contribution in [0.2, 0.25) is 0 Å². The van der Waals surface area contributed by atoms with Crippen LogP contribution in [0.1, 0.15) is 18.2 Å². The number of furan rings is 1. The summed E-state index contributed by atoms with van der Waals surface area (Å²) >= 11 is 0. The number of hydrogen-bond acceptors (Lipinski definition) is 5. The molecule has 2 fully saturated rings. The van der Waals surface area contributed by atoms with Gasteiger partial charge in [-0.05, 0) is 18.6 Å². The Morgan fingerprint density at radius 3 is 2.84 bits per heavy atom. The molecular formula is C14H23N3O2. The van der Waals surface area contributed by atoms with Gasteiger partial charge in [0.05, 0.1) is 25.5 Å². The Morgan fingerprint density at radius 1 is 1.32 bits per heavy atom. The molecule has 3 heterocycles. The maximum Gasteiger partial charge on any atom is 0.122 e. The van der Waals surface area contributed by atoms with Crippen LogP contribution in [-0.4, -0.2) is 61.8 Å². The smallest absolute Gasteiger partial charge is 0.122 e. The normalized spacial score (nSPS) is 27.7. The molecule has 2 N–H and O–H groups in total. The van der Waals surface area contributed by atoms with Gasteiger partial charge in [-0.15, -0.1) is 0 Å². The molecule has 106 valence electrons. The standard InChI is InChI=1S/C14H23N3O2/c15-10-13(14-2-1-7-19-14)17-4-3-12(11-17)16-5-8-18-9-6-16/h1-2,7,12-13H,3-6,8-11,15H2. The first kappa shape index (κ1) is 13.1. The predicted molar refractivity (Wildman–Crippen MR) is 72.9 cm³/mol. The molecule has 2 aliphatic heterocycles. The molecule has 0 amide bonds. The Labute approximate surface area is 114 Å². The zero-order valence-corrected chi connectivity index (χ0v) is 11.3. The fourth-order valence-corrected chi connectivity index (χ4v) is 3.22. The number of ether oxygens (including phenoxy) is 1. The first-order chi connectivity index (χ1) is 9.38. The summed E-state index contributed by atoms with van der Waals surface area (Å²) in [6.45, 7) is 6.67. The number of nitrogens with zero attached hydrogens (tertiary/aromatic N) is 2. The molecule has 0 radical (unpaired) electrons. The molecule has 1 aromatic heterocycles. The van der Waals surface area contributed by atoms with Crippen molar-refractivity contribution in [2.24, 2.45) is 5.73 Å². The van der Waals surface area contributed by atoms with Crippen molar-refractivity contribution in [3.8, 4) is 0 Å². The molecule has 0 aliphatic carbocycles. The van der Waals surface area contributed by atoms with Gasteiger partial charge in [-0.25, -0.2) is 0 Å². The molecule has 2 unspecified atom stereocenters. The van der Waals surface area contributed by atoms with Gasteiger partial charge in [-0.2, -0.15) is 0 Å². The first-order valence-electron chi connectivity index (χ1n) is 7.18. The summed E-state index contributed by atoms with van der Waals surface area (Å²) < 4.78 is 10.9. The van der Waals surface area contributed by atoms with Crippen LogP contribution in [0.3, 0.4) is 0 Å². The monoisotopic (exact) mass is 265 g/mol. The Morgan fingerprint density at radius 2 is 2.16 bits per heavy atom. The molecule has 2 aliphatic rings. The van der Waals surface area contributed by atoms with E-state index in [4.69, 9.17) is 14.9 Å². The zero-order chi connectivity index (χ0) is 13.1. The van der Waals surface area contributed by atoms with Gasteiger partial charge in [0.2, 0.25) is 0 Å². The minimum Gasteiger partial charge on any atom is -0.468 e. The number of morpholine rings is 1. The Hall–Kier alpha value is -0.880. The van der Waals surface area contributed by atoms with E-state index in [1.807, 2.05) is 12.1 Å². The Kier molecular flexibility index (Phi) is 4.18. The molecular weight excluding hydrogens is 242 g/mol. The van der Waals surface area contributed by atoms with Gasteiger partial charge in [0.25, 0.3) is 0 Å². The highest BCUT2D eigenvalue weighted by atomic mass is 16.5. The third kappa shape index (κ3) is 2.84. The molecule has 0 aromatic carbocycles. The van der Waals surface area contributed by atoms with E-state index in [-0.39, 0.29) is 6.04 Å². The van der Waals surface area contributed by atoms with Crippen LogP contribution in [0.5, 0.6) is 0 Å². The highest BCUT2D eigenvalue weighted by molar-refractivity contribution is 5.06. The quantitative estimate of drug-likeness (QED) is 0.868. The summed E-state index contributed by atoms with van der Waals surface area (Å²) in [5.74, 6) is 0.991. The second kappa shape index (κ2) is 6.05. The van der Waals surface area contributed by atoms with E-state index in [1.165, 1.54) is 6.42 Å². The van der Waals surface area contributed by atoms with Gasteiger partial charge in [-0.1, -0.05) is 0 Å². The lowest BCUT2D eigenvalue weighted by atomic mass is 10.2. The van der Waals surface area contributed by atoms with Gasteiger partial charge in [0, 0.05) is 38.8 Å². The summed E-state index contributed by atoms with van der Waals surface area (Å²) in [7, 11) is 0. The van der Waals surface area contributed by atoms with Crippen molar-refractivity contribution in [3.05, 3.63) is 24.2 Å². The van der Waals surface area contributed by atoms with Crippen LogP contribution in [0, 0.1) is 0 Å². The molecule has 0 bridgehead atoms. The Balaban J connectivity index is 1.61. The van der Waals surface area contributed by atoms with Crippen molar-refractivity contribution in [1.29, 1.82) is 0 Å². The van der Waals surface area contributed by atoms with E-state index in [9.17, 15) is 0 Å². The third-order valence-corrected chi connectivity index (χ3v) is 4.29. The maximum atomic E-state index is 5.93. The lowest BCUT2D eigenvalue weighted by Gasteiger charge is -2.33. The van der Waals surface area contributed by atoms with Crippen LogP contribution in [0.25, 0.3) is 0 Å². The minimum atomic E-state index is 0.223. The topological polar surface area (TPSA) is 54.9 Å². The molecule has 5 nitrogen and oxygen atoms in total. The summed E-state index contributed by atoms with van der Waals surface area (Å²) in [5, 5.41) is 0. The first-order valence-corrected chi connectivity index (χ1v) is 7.18. The van der Waals surface area contributed by atoms with Crippen molar-refractivity contribution < 1.29 is 9.15 Å². The lowest BCUT2D eigenvalue weighted by Crippen LogP contribution is -2.45.